The van der Waals surface area contributed by atoms with Gasteiger partial charge in [0.05, 0.1) is 0 Å². The summed E-state index contributed by atoms with van der Waals surface area (Å²) in [4.78, 5) is 4.96. The zero-order valence-electron chi connectivity index (χ0n) is 5.13. The third-order valence-corrected chi connectivity index (χ3v) is 0.991. The van der Waals surface area contributed by atoms with Gasteiger partial charge in [0.2, 0.25) is 0 Å². The first-order valence-corrected chi connectivity index (χ1v) is 3.11. The molecular formula is C6H11NO. The molecule has 0 saturated heterocycles. The molecule has 2 heteroatoms. The number of nitrogens with zero attached hydrogens (tertiary/aromatic N) is 1. The van der Waals surface area contributed by atoms with Crippen LogP contribution in [0, 0.1) is 0 Å². The zero-order chi connectivity index (χ0) is 5.82. The molecule has 0 aromatic heterocycles. The summed E-state index contributed by atoms with van der Waals surface area (Å²) in [5, 5.41) is 3.73. The Morgan fingerprint density at radius 2 is 2.50 bits per heavy atom. The normalized spacial score (nSPS) is 19.6. The SMILES string of the molecule is CCC=NOC1CC1. The lowest BCUT2D eigenvalue weighted by atomic mass is 10.6. The maximum atomic E-state index is 4.96. The summed E-state index contributed by atoms with van der Waals surface area (Å²) < 4.78 is 0. The quantitative estimate of drug-likeness (QED) is 0.402. The summed E-state index contributed by atoms with van der Waals surface area (Å²) >= 11 is 0. The van der Waals surface area contributed by atoms with Crippen molar-refractivity contribution in [2.45, 2.75) is 32.3 Å². The van der Waals surface area contributed by atoms with Crippen molar-refractivity contribution in [1.82, 2.24) is 0 Å². The van der Waals surface area contributed by atoms with Crippen molar-refractivity contribution in [1.29, 1.82) is 0 Å². The molecule has 0 N–H and O–H groups in total. The second-order valence-electron chi connectivity index (χ2n) is 2.00. The molecule has 0 aromatic rings. The van der Waals surface area contributed by atoms with Crippen LogP contribution in [0.3, 0.4) is 0 Å². The molecule has 1 rings (SSSR count). The molecule has 0 aromatic carbocycles. The van der Waals surface area contributed by atoms with Crippen molar-refractivity contribution in [3.8, 4) is 0 Å². The molecular weight excluding hydrogens is 102 g/mol. The van der Waals surface area contributed by atoms with E-state index >= 15 is 0 Å². The van der Waals surface area contributed by atoms with Crippen LogP contribution in [0.25, 0.3) is 0 Å². The average Bonchev–Trinajstić information content (AvgIpc) is 2.51. The Morgan fingerprint density at radius 1 is 1.75 bits per heavy atom. The van der Waals surface area contributed by atoms with Gasteiger partial charge >= 0.3 is 0 Å². The minimum Gasteiger partial charge on any atom is -0.393 e. The van der Waals surface area contributed by atoms with Crippen LogP contribution < -0.4 is 0 Å². The molecule has 0 amide bonds. The molecule has 1 fully saturated rings. The summed E-state index contributed by atoms with van der Waals surface area (Å²) in [6, 6.07) is 0. The molecule has 0 spiro atoms. The van der Waals surface area contributed by atoms with E-state index in [1.54, 1.807) is 6.21 Å². The summed E-state index contributed by atoms with van der Waals surface area (Å²) in [5.41, 5.74) is 0. The van der Waals surface area contributed by atoms with E-state index in [4.69, 9.17) is 4.84 Å². The van der Waals surface area contributed by atoms with Crippen molar-refractivity contribution in [2.75, 3.05) is 0 Å². The minimum absolute atomic E-state index is 0.456. The molecule has 0 atom stereocenters. The largest absolute Gasteiger partial charge is 0.393 e. The van der Waals surface area contributed by atoms with Gasteiger partial charge in [-0.1, -0.05) is 12.1 Å². The van der Waals surface area contributed by atoms with E-state index in [0.717, 1.165) is 6.42 Å². The number of hydrogen-bond acceptors (Lipinski definition) is 2. The maximum absolute atomic E-state index is 4.96. The van der Waals surface area contributed by atoms with Gasteiger partial charge in [-0.15, -0.1) is 0 Å². The fourth-order valence-electron chi connectivity index (χ4n) is 0.377. The number of oxime groups is 1. The topological polar surface area (TPSA) is 21.6 Å². The molecule has 8 heavy (non-hydrogen) atoms. The van der Waals surface area contributed by atoms with E-state index in [9.17, 15) is 0 Å². The Kier molecular flexibility index (Phi) is 1.89. The van der Waals surface area contributed by atoms with E-state index in [1.165, 1.54) is 12.8 Å². The van der Waals surface area contributed by atoms with Gasteiger partial charge < -0.3 is 4.84 Å². The zero-order valence-corrected chi connectivity index (χ0v) is 5.13. The Bertz CT molecular complexity index is 86.5. The second kappa shape index (κ2) is 2.70. The minimum atomic E-state index is 0.456. The second-order valence-corrected chi connectivity index (χ2v) is 2.00. The van der Waals surface area contributed by atoms with E-state index in [2.05, 4.69) is 5.16 Å². The molecule has 0 bridgehead atoms. The van der Waals surface area contributed by atoms with E-state index in [1.807, 2.05) is 6.92 Å². The smallest absolute Gasteiger partial charge is 0.127 e. The van der Waals surface area contributed by atoms with Crippen LogP contribution in [0.1, 0.15) is 26.2 Å². The Hall–Kier alpha value is -0.530. The molecule has 0 unspecified atom stereocenters. The molecule has 2 nitrogen and oxygen atoms in total. The first kappa shape index (κ1) is 5.60. The highest BCUT2D eigenvalue weighted by molar-refractivity contribution is 5.55. The van der Waals surface area contributed by atoms with Crippen molar-refractivity contribution in [3.05, 3.63) is 0 Å². The van der Waals surface area contributed by atoms with Gasteiger partial charge in [-0.2, -0.15) is 0 Å². The van der Waals surface area contributed by atoms with Crippen LogP contribution >= 0.6 is 0 Å². The van der Waals surface area contributed by atoms with Gasteiger partial charge in [0.25, 0.3) is 0 Å². The van der Waals surface area contributed by atoms with Gasteiger partial charge in [0, 0.05) is 6.21 Å². The summed E-state index contributed by atoms with van der Waals surface area (Å²) in [6.07, 6.45) is 5.60. The van der Waals surface area contributed by atoms with Gasteiger partial charge in [-0.05, 0) is 19.3 Å². The molecule has 1 aliphatic carbocycles. The predicted molar refractivity (Wildman–Crippen MR) is 32.9 cm³/mol. The maximum Gasteiger partial charge on any atom is 0.127 e. The van der Waals surface area contributed by atoms with Crippen LogP contribution in [0.15, 0.2) is 5.16 Å². The van der Waals surface area contributed by atoms with Crippen molar-refractivity contribution < 1.29 is 4.84 Å². The number of rotatable bonds is 3. The number of hydrogen-bond donors (Lipinski definition) is 0. The van der Waals surface area contributed by atoms with Crippen molar-refractivity contribution >= 4 is 6.21 Å². The Balaban J connectivity index is 1.93. The predicted octanol–water partition coefficient (Wildman–Crippen LogP) is 1.56. The van der Waals surface area contributed by atoms with Crippen LogP contribution in [0.5, 0.6) is 0 Å². The third-order valence-electron chi connectivity index (χ3n) is 0.991. The fraction of sp³-hybridized carbons (Fsp3) is 0.833. The Morgan fingerprint density at radius 3 is 3.00 bits per heavy atom. The first-order chi connectivity index (χ1) is 3.93. The summed E-state index contributed by atoms with van der Waals surface area (Å²) in [5.74, 6) is 0. The lowest BCUT2D eigenvalue weighted by Gasteiger charge is -1.89. The molecule has 0 aliphatic heterocycles. The average molecular weight is 113 g/mol. The fourth-order valence-corrected chi connectivity index (χ4v) is 0.377. The highest BCUT2D eigenvalue weighted by Gasteiger charge is 2.22. The van der Waals surface area contributed by atoms with Crippen molar-refractivity contribution in [2.24, 2.45) is 5.16 Å². The molecule has 0 radical (unpaired) electrons. The van der Waals surface area contributed by atoms with Crippen LogP contribution in [0.4, 0.5) is 0 Å². The first-order valence-electron chi connectivity index (χ1n) is 3.11. The highest BCUT2D eigenvalue weighted by Crippen LogP contribution is 2.23. The van der Waals surface area contributed by atoms with Gasteiger partial charge in [0.15, 0.2) is 0 Å². The van der Waals surface area contributed by atoms with E-state index < -0.39 is 0 Å². The van der Waals surface area contributed by atoms with Crippen molar-refractivity contribution in [3.63, 3.8) is 0 Å². The van der Waals surface area contributed by atoms with Crippen LogP contribution in [0.2, 0.25) is 0 Å². The molecule has 0 heterocycles. The highest BCUT2D eigenvalue weighted by atomic mass is 16.6. The van der Waals surface area contributed by atoms with Crippen LogP contribution in [-0.4, -0.2) is 12.3 Å². The lowest BCUT2D eigenvalue weighted by Crippen LogP contribution is -1.82. The molecule has 46 valence electrons. The Labute approximate surface area is 49.5 Å². The summed E-state index contributed by atoms with van der Waals surface area (Å²) in [7, 11) is 0. The van der Waals surface area contributed by atoms with Gasteiger partial charge in [0.1, 0.15) is 6.10 Å². The summed E-state index contributed by atoms with van der Waals surface area (Å²) in [6.45, 7) is 2.04. The third kappa shape index (κ3) is 1.96. The monoisotopic (exact) mass is 113 g/mol. The standard InChI is InChI=1S/C6H11NO/c1-2-5-7-8-6-3-4-6/h5-6H,2-4H2,1H3. The van der Waals surface area contributed by atoms with E-state index in [-0.39, 0.29) is 0 Å². The molecule has 1 saturated carbocycles. The van der Waals surface area contributed by atoms with Gasteiger partial charge in [-0.3, -0.25) is 0 Å². The molecule has 1 aliphatic rings. The van der Waals surface area contributed by atoms with E-state index in [0.29, 0.717) is 6.10 Å². The van der Waals surface area contributed by atoms with Gasteiger partial charge in [-0.25, -0.2) is 0 Å². The lowest BCUT2D eigenvalue weighted by molar-refractivity contribution is 0.130. The van der Waals surface area contributed by atoms with Crippen LogP contribution in [-0.2, 0) is 4.84 Å².